The number of rotatable bonds is 6. The van der Waals surface area contributed by atoms with Gasteiger partial charge in [0.1, 0.15) is 5.75 Å². The van der Waals surface area contributed by atoms with Gasteiger partial charge >= 0.3 is 5.69 Å². The van der Waals surface area contributed by atoms with E-state index in [-0.39, 0.29) is 17.5 Å². The zero-order chi connectivity index (χ0) is 18.4. The van der Waals surface area contributed by atoms with Gasteiger partial charge in [0.25, 0.3) is 5.69 Å². The van der Waals surface area contributed by atoms with E-state index in [9.17, 15) is 20.2 Å². The molecule has 0 heterocycles. The number of benzene rings is 2. The molecule has 128 valence electrons. The van der Waals surface area contributed by atoms with Crippen molar-refractivity contribution in [2.75, 3.05) is 0 Å². The Morgan fingerprint density at radius 2 is 1.84 bits per heavy atom. The quantitative estimate of drug-likeness (QED) is 0.348. The van der Waals surface area contributed by atoms with Gasteiger partial charge in [-0.05, 0) is 23.8 Å². The van der Waals surface area contributed by atoms with Crippen molar-refractivity contribution >= 4 is 23.5 Å². The molecule has 0 unspecified atom stereocenters. The first-order chi connectivity index (χ1) is 11.9. The Labute approximate surface area is 140 Å². The number of ether oxygens (including phenoxy) is 1. The predicted molar refractivity (Wildman–Crippen MR) is 89.7 cm³/mol. The Morgan fingerprint density at radius 1 is 1.08 bits per heavy atom. The Kier molecular flexibility index (Phi) is 5.20. The van der Waals surface area contributed by atoms with E-state index in [1.54, 1.807) is 18.2 Å². The zero-order valence-electron chi connectivity index (χ0n) is 12.6. The number of nitrogens with two attached hydrogens (primary N) is 2. The van der Waals surface area contributed by atoms with Crippen LogP contribution in [0.1, 0.15) is 5.56 Å². The van der Waals surface area contributed by atoms with Crippen LogP contribution in [0, 0.1) is 20.2 Å². The first-order valence-corrected chi connectivity index (χ1v) is 6.69. The van der Waals surface area contributed by atoms with E-state index < -0.39 is 21.2 Å². The van der Waals surface area contributed by atoms with Gasteiger partial charge in [0.05, 0.1) is 22.1 Å². The largest absolute Gasteiger partial charge is 0.450 e. The van der Waals surface area contributed by atoms with E-state index >= 15 is 0 Å². The third-order valence-electron chi connectivity index (χ3n) is 2.82. The van der Waals surface area contributed by atoms with E-state index in [2.05, 4.69) is 10.2 Å². The van der Waals surface area contributed by atoms with Crippen molar-refractivity contribution in [3.05, 3.63) is 68.3 Å². The Bertz CT molecular complexity index is 876. The van der Waals surface area contributed by atoms with Crippen LogP contribution < -0.4 is 16.2 Å². The lowest BCUT2D eigenvalue weighted by molar-refractivity contribution is -0.394. The summed E-state index contributed by atoms with van der Waals surface area (Å²) in [6.07, 6.45) is 1.36. The minimum atomic E-state index is -0.758. The number of guanidine groups is 1. The molecule has 11 heteroatoms. The first-order valence-electron chi connectivity index (χ1n) is 6.69. The number of non-ortho nitro benzene ring substituents is 1. The molecule has 2 rings (SSSR count). The highest BCUT2D eigenvalue weighted by Gasteiger charge is 2.21. The SMILES string of the molecule is NC(N)=NN=Cc1cccc(Oc2ccc([N+](=O)[O-])cc2[N+](=O)[O-])c1. The summed E-state index contributed by atoms with van der Waals surface area (Å²) >= 11 is 0. The highest BCUT2D eigenvalue weighted by Crippen LogP contribution is 2.34. The third-order valence-corrected chi connectivity index (χ3v) is 2.82. The van der Waals surface area contributed by atoms with Gasteiger partial charge in [-0.3, -0.25) is 20.2 Å². The van der Waals surface area contributed by atoms with Crippen molar-refractivity contribution in [1.29, 1.82) is 0 Å². The van der Waals surface area contributed by atoms with Crippen molar-refractivity contribution < 1.29 is 14.6 Å². The van der Waals surface area contributed by atoms with Crippen molar-refractivity contribution in [3.63, 3.8) is 0 Å². The first kappa shape index (κ1) is 17.3. The van der Waals surface area contributed by atoms with Crippen LogP contribution in [-0.2, 0) is 0 Å². The van der Waals surface area contributed by atoms with Gasteiger partial charge in [0.15, 0.2) is 0 Å². The second-order valence-corrected chi connectivity index (χ2v) is 4.61. The van der Waals surface area contributed by atoms with Crippen LogP contribution in [0.4, 0.5) is 11.4 Å². The standard InChI is InChI=1S/C14H12N6O5/c15-14(16)18-17-8-9-2-1-3-11(6-9)25-13-5-4-10(19(21)22)7-12(13)20(23)24/h1-8H,(H4,15,16,18). The fraction of sp³-hybridized carbons (Fsp3) is 0. The molecule has 0 bridgehead atoms. The summed E-state index contributed by atoms with van der Waals surface area (Å²) in [5, 5.41) is 28.9. The fourth-order valence-corrected chi connectivity index (χ4v) is 1.80. The molecule has 0 radical (unpaired) electrons. The van der Waals surface area contributed by atoms with E-state index in [0.29, 0.717) is 5.56 Å². The monoisotopic (exact) mass is 344 g/mol. The van der Waals surface area contributed by atoms with E-state index in [0.717, 1.165) is 18.2 Å². The minimum absolute atomic E-state index is 0.131. The molecule has 2 aromatic rings. The van der Waals surface area contributed by atoms with Crippen LogP contribution in [0.3, 0.4) is 0 Å². The average Bonchev–Trinajstić information content (AvgIpc) is 2.55. The van der Waals surface area contributed by atoms with E-state index in [1.807, 2.05) is 0 Å². The number of hydrogen-bond acceptors (Lipinski definition) is 7. The number of nitrogens with zero attached hydrogens (tertiary/aromatic N) is 4. The van der Waals surface area contributed by atoms with Crippen molar-refractivity contribution in [2.45, 2.75) is 0 Å². The summed E-state index contributed by atoms with van der Waals surface area (Å²) < 4.78 is 5.46. The lowest BCUT2D eigenvalue weighted by atomic mass is 10.2. The normalized spacial score (nSPS) is 10.4. The van der Waals surface area contributed by atoms with Crippen LogP contribution in [0.25, 0.3) is 0 Å². The summed E-state index contributed by atoms with van der Waals surface area (Å²) in [5.74, 6) is -0.0651. The lowest BCUT2D eigenvalue weighted by Crippen LogP contribution is -2.21. The molecule has 2 aromatic carbocycles. The second-order valence-electron chi connectivity index (χ2n) is 4.61. The van der Waals surface area contributed by atoms with Crippen LogP contribution >= 0.6 is 0 Å². The highest BCUT2D eigenvalue weighted by atomic mass is 16.6. The number of nitro groups is 2. The Morgan fingerprint density at radius 3 is 2.48 bits per heavy atom. The summed E-state index contributed by atoms with van der Waals surface area (Å²) in [6.45, 7) is 0. The topological polar surface area (TPSA) is 172 Å². The summed E-state index contributed by atoms with van der Waals surface area (Å²) in [6, 6.07) is 9.52. The zero-order valence-corrected chi connectivity index (χ0v) is 12.6. The summed E-state index contributed by atoms with van der Waals surface area (Å²) in [5.41, 5.74) is 9.94. The maximum absolute atomic E-state index is 11.1. The molecular weight excluding hydrogens is 332 g/mol. The molecule has 4 N–H and O–H groups in total. The van der Waals surface area contributed by atoms with Crippen molar-refractivity contribution in [2.24, 2.45) is 21.7 Å². The van der Waals surface area contributed by atoms with Gasteiger partial charge in [-0.2, -0.15) is 5.10 Å². The van der Waals surface area contributed by atoms with Crippen molar-refractivity contribution in [1.82, 2.24) is 0 Å². The van der Waals surface area contributed by atoms with Gasteiger partial charge in [0.2, 0.25) is 11.7 Å². The van der Waals surface area contributed by atoms with Gasteiger partial charge in [-0.25, -0.2) is 0 Å². The maximum atomic E-state index is 11.1. The van der Waals surface area contributed by atoms with Gasteiger partial charge in [-0.1, -0.05) is 12.1 Å². The van der Waals surface area contributed by atoms with Gasteiger partial charge in [-0.15, -0.1) is 5.10 Å². The molecule has 0 aliphatic carbocycles. The fourth-order valence-electron chi connectivity index (χ4n) is 1.80. The molecule has 0 spiro atoms. The predicted octanol–water partition coefficient (Wildman–Crippen LogP) is 1.90. The molecule has 0 aliphatic heterocycles. The van der Waals surface area contributed by atoms with Crippen LogP contribution in [0.2, 0.25) is 0 Å². The van der Waals surface area contributed by atoms with Crippen molar-refractivity contribution in [3.8, 4) is 11.5 Å². The summed E-state index contributed by atoms with van der Waals surface area (Å²) in [4.78, 5) is 20.4. The van der Waals surface area contributed by atoms with E-state index in [4.69, 9.17) is 16.2 Å². The van der Waals surface area contributed by atoms with Crippen LogP contribution in [0.15, 0.2) is 52.7 Å². The van der Waals surface area contributed by atoms with E-state index in [1.165, 1.54) is 12.3 Å². The molecule has 0 fully saturated rings. The second kappa shape index (κ2) is 7.50. The summed E-state index contributed by atoms with van der Waals surface area (Å²) in [7, 11) is 0. The molecule has 11 nitrogen and oxygen atoms in total. The van der Waals surface area contributed by atoms with Crippen LogP contribution in [-0.4, -0.2) is 22.0 Å². The van der Waals surface area contributed by atoms with Crippen LogP contribution in [0.5, 0.6) is 11.5 Å². The molecule has 0 aromatic heterocycles. The molecule has 0 saturated heterocycles. The maximum Gasteiger partial charge on any atom is 0.318 e. The lowest BCUT2D eigenvalue weighted by Gasteiger charge is -2.06. The average molecular weight is 344 g/mol. The van der Waals surface area contributed by atoms with Gasteiger partial charge in [0, 0.05) is 6.07 Å². The smallest absolute Gasteiger partial charge is 0.318 e. The highest BCUT2D eigenvalue weighted by molar-refractivity contribution is 5.82. The Hall–Kier alpha value is -4.02. The molecule has 0 saturated carbocycles. The van der Waals surface area contributed by atoms with Gasteiger partial charge < -0.3 is 16.2 Å². The minimum Gasteiger partial charge on any atom is -0.450 e. The Balaban J connectivity index is 2.30. The number of nitro benzene ring substituents is 2. The molecule has 25 heavy (non-hydrogen) atoms. The molecule has 0 amide bonds. The molecule has 0 aliphatic rings. The molecule has 0 atom stereocenters. The molecular formula is C14H12N6O5. The number of hydrogen-bond donors (Lipinski definition) is 2. The third kappa shape index (κ3) is 4.72.